The smallest absolute Gasteiger partial charge is 0.247 e. The number of anilines is 1. The van der Waals surface area contributed by atoms with Crippen molar-refractivity contribution in [3.05, 3.63) is 65.9 Å². The maximum Gasteiger partial charge on any atom is 0.247 e. The SMILES string of the molecule is COc1ccc(NC(=O)[C@@H]2[C@@H]3C(=O)N(C4CCCCC4)C(=O)[C@@H]3[C@H]3c4ccccc4C=CN23)cc1. The maximum absolute atomic E-state index is 13.9. The van der Waals surface area contributed by atoms with Crippen molar-refractivity contribution in [2.45, 2.75) is 50.2 Å². The van der Waals surface area contributed by atoms with E-state index in [2.05, 4.69) is 5.32 Å². The fourth-order valence-electron chi connectivity index (χ4n) is 6.47. The molecule has 1 aliphatic carbocycles. The lowest BCUT2D eigenvalue weighted by atomic mass is 9.84. The number of methoxy groups -OCH3 is 1. The second-order valence-corrected chi connectivity index (χ2v) is 9.89. The maximum atomic E-state index is 13.9. The van der Waals surface area contributed by atoms with Gasteiger partial charge in [-0.1, -0.05) is 43.5 Å². The lowest BCUT2D eigenvalue weighted by molar-refractivity contribution is -0.146. The van der Waals surface area contributed by atoms with Crippen LogP contribution in [0.15, 0.2) is 54.7 Å². The number of benzene rings is 2. The molecular formula is C28H29N3O4. The number of likely N-dealkylation sites (tertiary alicyclic amines) is 1. The molecule has 7 heteroatoms. The second-order valence-electron chi connectivity index (χ2n) is 9.89. The monoisotopic (exact) mass is 471 g/mol. The number of hydrogen-bond donors (Lipinski definition) is 1. The molecule has 3 amide bonds. The van der Waals surface area contributed by atoms with Gasteiger partial charge in [0.2, 0.25) is 17.7 Å². The van der Waals surface area contributed by atoms with Gasteiger partial charge < -0.3 is 15.0 Å². The van der Waals surface area contributed by atoms with E-state index in [1.54, 1.807) is 31.4 Å². The number of rotatable bonds is 4. The first kappa shape index (κ1) is 21.9. The van der Waals surface area contributed by atoms with E-state index in [-0.39, 0.29) is 29.8 Å². The van der Waals surface area contributed by atoms with Crippen LogP contribution in [0.2, 0.25) is 0 Å². The van der Waals surface area contributed by atoms with Crippen molar-refractivity contribution in [1.82, 2.24) is 9.80 Å². The molecular weight excluding hydrogens is 442 g/mol. The van der Waals surface area contributed by atoms with Crippen LogP contribution in [0.5, 0.6) is 5.75 Å². The molecule has 0 spiro atoms. The molecule has 0 bridgehead atoms. The second kappa shape index (κ2) is 8.56. The van der Waals surface area contributed by atoms with Crippen LogP contribution in [0.4, 0.5) is 5.69 Å². The quantitative estimate of drug-likeness (QED) is 0.683. The first-order chi connectivity index (χ1) is 17.1. The minimum atomic E-state index is -0.762. The van der Waals surface area contributed by atoms with Gasteiger partial charge in [-0.2, -0.15) is 0 Å². The summed E-state index contributed by atoms with van der Waals surface area (Å²) in [5, 5.41) is 2.98. The zero-order chi connectivity index (χ0) is 24.1. The van der Waals surface area contributed by atoms with Crippen LogP contribution in [-0.4, -0.2) is 46.7 Å². The fourth-order valence-corrected chi connectivity index (χ4v) is 6.47. The zero-order valence-corrected chi connectivity index (χ0v) is 19.7. The molecule has 180 valence electrons. The number of carbonyl (C=O) groups is 3. The summed E-state index contributed by atoms with van der Waals surface area (Å²) >= 11 is 0. The molecule has 2 aromatic rings. The normalized spacial score (nSPS) is 27.5. The summed E-state index contributed by atoms with van der Waals surface area (Å²) in [7, 11) is 1.59. The number of hydrogen-bond acceptors (Lipinski definition) is 5. The summed E-state index contributed by atoms with van der Waals surface area (Å²) in [5.41, 5.74) is 2.65. The van der Waals surface area contributed by atoms with Crippen LogP contribution in [-0.2, 0) is 14.4 Å². The van der Waals surface area contributed by atoms with Crippen molar-refractivity contribution in [3.63, 3.8) is 0 Å². The Morgan fingerprint density at radius 2 is 1.66 bits per heavy atom. The van der Waals surface area contributed by atoms with Crippen LogP contribution < -0.4 is 10.1 Å². The summed E-state index contributed by atoms with van der Waals surface area (Å²) in [5.74, 6) is -1.16. The minimum Gasteiger partial charge on any atom is -0.497 e. The molecule has 3 fully saturated rings. The minimum absolute atomic E-state index is 0.0533. The van der Waals surface area contributed by atoms with Crippen LogP contribution in [0.3, 0.4) is 0 Å². The van der Waals surface area contributed by atoms with Crippen LogP contribution in [0.1, 0.15) is 49.3 Å². The number of fused-ring (bicyclic) bond motifs is 5. The van der Waals surface area contributed by atoms with Crippen LogP contribution in [0.25, 0.3) is 6.08 Å². The fraction of sp³-hybridized carbons (Fsp3) is 0.393. The Morgan fingerprint density at radius 3 is 2.40 bits per heavy atom. The van der Waals surface area contributed by atoms with Gasteiger partial charge in [0.15, 0.2) is 0 Å². The Balaban J connectivity index is 1.38. The Labute approximate surface area is 204 Å². The van der Waals surface area contributed by atoms with Crippen molar-refractivity contribution in [1.29, 1.82) is 0 Å². The number of imide groups is 1. The summed E-state index contributed by atoms with van der Waals surface area (Å²) in [6.07, 6.45) is 8.75. The first-order valence-corrected chi connectivity index (χ1v) is 12.4. The van der Waals surface area contributed by atoms with E-state index >= 15 is 0 Å². The van der Waals surface area contributed by atoms with E-state index in [4.69, 9.17) is 4.74 Å². The number of amides is 3. The lowest BCUT2D eigenvalue weighted by Crippen LogP contribution is -2.49. The molecule has 2 saturated heterocycles. The molecule has 1 N–H and O–H groups in total. The molecule has 2 aromatic carbocycles. The summed E-state index contributed by atoms with van der Waals surface area (Å²) < 4.78 is 5.21. The van der Waals surface area contributed by atoms with E-state index in [9.17, 15) is 14.4 Å². The van der Waals surface area contributed by atoms with Gasteiger partial charge in [-0.05, 0) is 54.3 Å². The highest BCUT2D eigenvalue weighted by Crippen LogP contribution is 2.53. The molecule has 3 heterocycles. The number of ether oxygens (including phenoxy) is 1. The van der Waals surface area contributed by atoms with Crippen LogP contribution >= 0.6 is 0 Å². The third kappa shape index (κ3) is 3.44. The van der Waals surface area contributed by atoms with E-state index in [1.807, 2.05) is 41.4 Å². The van der Waals surface area contributed by atoms with Crippen molar-refractivity contribution in [3.8, 4) is 5.75 Å². The van der Waals surface area contributed by atoms with Gasteiger partial charge in [-0.15, -0.1) is 0 Å². The van der Waals surface area contributed by atoms with Gasteiger partial charge in [0.25, 0.3) is 0 Å². The molecule has 1 saturated carbocycles. The average Bonchev–Trinajstić information content (AvgIpc) is 3.37. The highest BCUT2D eigenvalue weighted by Gasteiger charge is 2.65. The summed E-state index contributed by atoms with van der Waals surface area (Å²) in [6.45, 7) is 0. The Bertz CT molecular complexity index is 1200. The standard InChI is InChI=1S/C28H29N3O4/c1-35-20-13-11-18(12-14-20)29-26(32)25-23-22(24-21-10-6-5-7-17(21)15-16-30(24)25)27(33)31(28(23)34)19-8-3-2-4-9-19/h5-7,10-16,19,22-25H,2-4,8-9H2,1H3,(H,29,32)/t22-,23+,24+,25-/m0/s1. The van der Waals surface area contributed by atoms with E-state index in [0.29, 0.717) is 11.4 Å². The lowest BCUT2D eigenvalue weighted by Gasteiger charge is -2.37. The molecule has 35 heavy (non-hydrogen) atoms. The van der Waals surface area contributed by atoms with Gasteiger partial charge in [0.05, 0.1) is 25.0 Å². The average molecular weight is 472 g/mol. The molecule has 7 nitrogen and oxygen atoms in total. The first-order valence-electron chi connectivity index (χ1n) is 12.4. The van der Waals surface area contributed by atoms with Gasteiger partial charge in [0, 0.05) is 17.9 Å². The highest BCUT2D eigenvalue weighted by molar-refractivity contribution is 6.10. The third-order valence-corrected chi connectivity index (χ3v) is 8.06. The molecule has 4 atom stereocenters. The van der Waals surface area contributed by atoms with Crippen molar-refractivity contribution < 1.29 is 19.1 Å². The Hall–Kier alpha value is -3.61. The number of nitrogens with zero attached hydrogens (tertiary/aromatic N) is 2. The molecule has 3 aliphatic heterocycles. The number of nitrogens with one attached hydrogen (secondary N) is 1. The largest absolute Gasteiger partial charge is 0.497 e. The van der Waals surface area contributed by atoms with Gasteiger partial charge in [-0.3, -0.25) is 19.3 Å². The summed E-state index contributed by atoms with van der Waals surface area (Å²) in [4.78, 5) is 44.9. The van der Waals surface area contributed by atoms with E-state index in [0.717, 1.165) is 43.2 Å². The predicted octanol–water partition coefficient (Wildman–Crippen LogP) is 3.98. The van der Waals surface area contributed by atoms with Crippen molar-refractivity contribution in [2.75, 3.05) is 12.4 Å². The van der Waals surface area contributed by atoms with Gasteiger partial charge >= 0.3 is 0 Å². The summed E-state index contributed by atoms with van der Waals surface area (Å²) in [6, 6.07) is 13.9. The third-order valence-electron chi connectivity index (χ3n) is 8.06. The zero-order valence-electron chi connectivity index (χ0n) is 19.7. The number of carbonyl (C=O) groups excluding carboxylic acids is 3. The predicted molar refractivity (Wildman–Crippen MR) is 131 cm³/mol. The van der Waals surface area contributed by atoms with Crippen molar-refractivity contribution in [2.24, 2.45) is 11.8 Å². The topological polar surface area (TPSA) is 79.0 Å². The molecule has 4 aliphatic rings. The molecule has 6 rings (SSSR count). The molecule has 0 unspecified atom stereocenters. The van der Waals surface area contributed by atoms with E-state index < -0.39 is 17.9 Å². The van der Waals surface area contributed by atoms with E-state index in [1.165, 1.54) is 4.90 Å². The van der Waals surface area contributed by atoms with Crippen LogP contribution in [0, 0.1) is 11.8 Å². The highest BCUT2D eigenvalue weighted by atomic mass is 16.5. The van der Waals surface area contributed by atoms with Gasteiger partial charge in [0.1, 0.15) is 11.8 Å². The Morgan fingerprint density at radius 1 is 0.943 bits per heavy atom. The molecule has 0 aromatic heterocycles. The van der Waals surface area contributed by atoms with Gasteiger partial charge in [-0.25, -0.2) is 0 Å². The van der Waals surface area contributed by atoms with Crippen molar-refractivity contribution >= 4 is 29.5 Å². The molecule has 0 radical (unpaired) electrons. The Kier molecular flexibility index (Phi) is 5.35.